The van der Waals surface area contributed by atoms with E-state index in [9.17, 15) is 9.59 Å². The summed E-state index contributed by atoms with van der Waals surface area (Å²) in [7, 11) is 0. The number of carbonyl (C=O) groups is 2. The lowest BCUT2D eigenvalue weighted by Crippen LogP contribution is -2.29. The van der Waals surface area contributed by atoms with Crippen LogP contribution in [0.2, 0.25) is 0 Å². The van der Waals surface area contributed by atoms with Crippen LogP contribution >= 0.6 is 0 Å². The SMILES string of the molecule is C.O=C1C=C(N2CC2)C(=O)C(N2CC2)=C1N1CC1.Oc1ccccc1. The van der Waals surface area contributed by atoms with Crippen molar-refractivity contribution in [2.24, 2.45) is 0 Å². The van der Waals surface area contributed by atoms with Gasteiger partial charge in [-0.15, -0.1) is 0 Å². The number of benzene rings is 1. The third-order valence-electron chi connectivity index (χ3n) is 4.24. The molecule has 5 rings (SSSR count). The third-order valence-corrected chi connectivity index (χ3v) is 4.24. The van der Waals surface area contributed by atoms with Gasteiger partial charge >= 0.3 is 0 Å². The monoisotopic (exact) mass is 341 g/mol. The summed E-state index contributed by atoms with van der Waals surface area (Å²) in [5.74, 6) is 0.370. The summed E-state index contributed by atoms with van der Waals surface area (Å²) in [5.41, 5.74) is 1.89. The Morgan fingerprint density at radius 2 is 1.28 bits per heavy atom. The average Bonchev–Trinajstić information content (AvgIpc) is 3.41. The van der Waals surface area contributed by atoms with Gasteiger partial charge in [-0.3, -0.25) is 9.59 Å². The van der Waals surface area contributed by atoms with Crippen molar-refractivity contribution in [1.29, 1.82) is 0 Å². The van der Waals surface area contributed by atoms with Gasteiger partial charge in [-0.25, -0.2) is 0 Å². The van der Waals surface area contributed by atoms with Gasteiger partial charge in [-0.05, 0) is 12.1 Å². The van der Waals surface area contributed by atoms with E-state index >= 15 is 0 Å². The van der Waals surface area contributed by atoms with E-state index in [4.69, 9.17) is 5.11 Å². The number of phenolic OH excluding ortho intramolecular Hbond substituents is 1. The van der Waals surface area contributed by atoms with Crippen LogP contribution in [0, 0.1) is 0 Å². The predicted molar refractivity (Wildman–Crippen MR) is 94.7 cm³/mol. The smallest absolute Gasteiger partial charge is 0.227 e. The van der Waals surface area contributed by atoms with Crippen LogP contribution in [-0.2, 0) is 9.59 Å². The maximum Gasteiger partial charge on any atom is 0.227 e. The number of hydrogen-bond acceptors (Lipinski definition) is 6. The molecule has 0 aromatic heterocycles. The van der Waals surface area contributed by atoms with Crippen LogP contribution < -0.4 is 0 Å². The summed E-state index contributed by atoms with van der Waals surface area (Å²) < 4.78 is 0. The molecule has 1 aliphatic carbocycles. The summed E-state index contributed by atoms with van der Waals surface area (Å²) in [6, 6.07) is 8.71. The van der Waals surface area contributed by atoms with Crippen LogP contribution in [0.5, 0.6) is 5.75 Å². The summed E-state index contributed by atoms with van der Waals surface area (Å²) in [5, 5.41) is 8.63. The molecule has 0 saturated carbocycles. The Kier molecular flexibility index (Phi) is 4.53. The Morgan fingerprint density at radius 1 is 0.760 bits per heavy atom. The quantitative estimate of drug-likeness (QED) is 0.659. The molecule has 0 radical (unpaired) electrons. The van der Waals surface area contributed by atoms with Gasteiger partial charge in [0.15, 0.2) is 0 Å². The zero-order chi connectivity index (χ0) is 16.7. The highest BCUT2D eigenvalue weighted by atomic mass is 16.3. The second-order valence-electron chi connectivity index (χ2n) is 6.22. The maximum absolute atomic E-state index is 12.4. The van der Waals surface area contributed by atoms with Crippen molar-refractivity contribution in [2.75, 3.05) is 39.3 Å². The number of rotatable bonds is 3. The number of allylic oxidation sites excluding steroid dienone is 1. The zero-order valence-corrected chi connectivity index (χ0v) is 13.3. The second-order valence-corrected chi connectivity index (χ2v) is 6.22. The molecule has 6 nitrogen and oxygen atoms in total. The van der Waals surface area contributed by atoms with E-state index in [1.807, 2.05) is 20.8 Å². The first-order valence-electron chi connectivity index (χ1n) is 8.19. The number of ketones is 2. The minimum atomic E-state index is 0. The fourth-order valence-corrected chi connectivity index (χ4v) is 2.70. The molecule has 3 aliphatic heterocycles. The van der Waals surface area contributed by atoms with Gasteiger partial charge < -0.3 is 19.8 Å². The van der Waals surface area contributed by atoms with Crippen molar-refractivity contribution in [3.63, 3.8) is 0 Å². The molecule has 1 aromatic carbocycles. The molecule has 6 heteroatoms. The van der Waals surface area contributed by atoms with E-state index in [1.165, 1.54) is 6.08 Å². The van der Waals surface area contributed by atoms with Gasteiger partial charge in [0.1, 0.15) is 17.1 Å². The normalized spacial score (nSPS) is 20.5. The average molecular weight is 341 g/mol. The molecule has 1 N–H and O–H groups in total. The lowest BCUT2D eigenvalue weighted by Gasteiger charge is -2.21. The maximum atomic E-state index is 12.4. The molecule has 4 aliphatic rings. The molecule has 1 aromatic rings. The predicted octanol–water partition coefficient (Wildman–Crippen LogP) is 1.21. The van der Waals surface area contributed by atoms with Gasteiger partial charge in [0.2, 0.25) is 11.6 Å². The van der Waals surface area contributed by atoms with Crippen molar-refractivity contribution < 1.29 is 14.7 Å². The van der Waals surface area contributed by atoms with E-state index in [0.29, 0.717) is 22.8 Å². The van der Waals surface area contributed by atoms with Gasteiger partial charge in [0.25, 0.3) is 0 Å². The van der Waals surface area contributed by atoms with Crippen LogP contribution in [0.25, 0.3) is 0 Å². The first-order chi connectivity index (χ1) is 11.6. The summed E-state index contributed by atoms with van der Waals surface area (Å²) >= 11 is 0. The van der Waals surface area contributed by atoms with Crippen LogP contribution in [0.3, 0.4) is 0 Å². The first-order valence-corrected chi connectivity index (χ1v) is 8.19. The zero-order valence-electron chi connectivity index (χ0n) is 13.3. The molecular weight excluding hydrogens is 318 g/mol. The number of Topliss-reactive ketones (excluding diaryl/α,β-unsaturated/α-hetero) is 1. The molecule has 0 unspecified atom stereocenters. The van der Waals surface area contributed by atoms with Crippen LogP contribution in [0.15, 0.2) is 53.5 Å². The fraction of sp³-hybridized carbons (Fsp3) is 0.368. The van der Waals surface area contributed by atoms with Crippen molar-refractivity contribution in [3.05, 3.63) is 53.5 Å². The molecule has 0 atom stereocenters. The number of nitrogens with zero attached hydrogens (tertiary/aromatic N) is 3. The fourth-order valence-electron chi connectivity index (χ4n) is 2.70. The summed E-state index contributed by atoms with van der Waals surface area (Å²) in [6.07, 6.45) is 1.52. The van der Waals surface area contributed by atoms with Crippen molar-refractivity contribution in [2.45, 2.75) is 7.43 Å². The van der Waals surface area contributed by atoms with Crippen LogP contribution in [0.1, 0.15) is 7.43 Å². The molecule has 132 valence electrons. The molecule has 3 fully saturated rings. The Labute approximate surface area is 147 Å². The lowest BCUT2D eigenvalue weighted by molar-refractivity contribution is -0.117. The number of carbonyl (C=O) groups excluding carboxylic acids is 2. The standard InChI is InChI=1S/C12H13N3O2.C6H6O.CH4/c16-9-7-8(13-1-2-13)12(17)11(15-5-6-15)10(9)14-3-4-14;7-6-4-2-1-3-5-6;/h7H,1-6H2;1-5,7H;1H4. The van der Waals surface area contributed by atoms with Gasteiger partial charge in [0, 0.05) is 45.3 Å². The van der Waals surface area contributed by atoms with Crippen molar-refractivity contribution >= 4 is 11.6 Å². The first kappa shape index (κ1) is 17.1. The Hall–Kier alpha value is -2.76. The second kappa shape index (κ2) is 6.63. The number of para-hydroxylation sites is 1. The molecule has 0 amide bonds. The van der Waals surface area contributed by atoms with Crippen molar-refractivity contribution in [3.8, 4) is 5.75 Å². The van der Waals surface area contributed by atoms with Gasteiger partial charge in [0.05, 0.1) is 5.70 Å². The topological polar surface area (TPSA) is 63.4 Å². The minimum absolute atomic E-state index is 0. The third kappa shape index (κ3) is 3.68. The molecule has 25 heavy (non-hydrogen) atoms. The number of aromatic hydroxyl groups is 1. The molecule has 3 heterocycles. The van der Waals surface area contributed by atoms with Gasteiger partial charge in [-0.2, -0.15) is 0 Å². The number of phenols is 1. The minimum Gasteiger partial charge on any atom is -0.508 e. The lowest BCUT2D eigenvalue weighted by atomic mass is 10.0. The van der Waals surface area contributed by atoms with Crippen molar-refractivity contribution in [1.82, 2.24) is 14.7 Å². The van der Waals surface area contributed by atoms with E-state index < -0.39 is 0 Å². The summed E-state index contributed by atoms with van der Waals surface area (Å²) in [6.45, 7) is 5.41. The molecule has 0 spiro atoms. The van der Waals surface area contributed by atoms with Crippen LogP contribution in [0.4, 0.5) is 0 Å². The van der Waals surface area contributed by atoms with E-state index in [-0.39, 0.29) is 19.0 Å². The van der Waals surface area contributed by atoms with Gasteiger partial charge in [-0.1, -0.05) is 25.6 Å². The summed E-state index contributed by atoms with van der Waals surface area (Å²) in [4.78, 5) is 30.5. The largest absolute Gasteiger partial charge is 0.508 e. The Balaban J connectivity index is 0.000000195. The molecule has 3 saturated heterocycles. The highest BCUT2D eigenvalue weighted by molar-refractivity contribution is 6.22. The van der Waals surface area contributed by atoms with E-state index in [2.05, 4.69) is 0 Å². The molecule has 0 bridgehead atoms. The van der Waals surface area contributed by atoms with E-state index in [0.717, 1.165) is 39.3 Å². The number of hydrogen-bond donors (Lipinski definition) is 1. The highest BCUT2D eigenvalue weighted by Gasteiger charge is 2.43. The Morgan fingerprint density at radius 3 is 1.72 bits per heavy atom. The molecular formula is C19H23N3O3. The highest BCUT2D eigenvalue weighted by Crippen LogP contribution is 2.33. The Bertz CT molecular complexity index is 742. The van der Waals surface area contributed by atoms with Crippen LogP contribution in [-0.4, -0.2) is 70.6 Å². The van der Waals surface area contributed by atoms with E-state index in [1.54, 1.807) is 24.3 Å².